The maximum Gasteiger partial charge on any atom is 0.231 e. The quantitative estimate of drug-likeness (QED) is 0.831. The number of hydrogen-bond acceptors (Lipinski definition) is 3. The van der Waals surface area contributed by atoms with Crippen molar-refractivity contribution in [1.82, 2.24) is 5.32 Å². The van der Waals surface area contributed by atoms with Crippen LogP contribution in [0.4, 0.5) is 0 Å². The maximum absolute atomic E-state index is 5.95. The van der Waals surface area contributed by atoms with Crippen molar-refractivity contribution in [3.63, 3.8) is 0 Å². The lowest BCUT2D eigenvalue weighted by atomic mass is 10.1. The standard InChI is InChI=1S/C10H12ClNO2/c1-12-3-2-7-4-8(11)5-9-10(7)14-6-13-9/h4-5,12H,2-3,6H2,1H3. The van der Waals surface area contributed by atoms with Crippen molar-refractivity contribution < 1.29 is 9.47 Å². The van der Waals surface area contributed by atoms with Gasteiger partial charge in [-0.2, -0.15) is 0 Å². The molecule has 1 N–H and O–H groups in total. The van der Waals surface area contributed by atoms with Crippen LogP contribution in [0.2, 0.25) is 5.02 Å². The van der Waals surface area contributed by atoms with E-state index in [1.807, 2.05) is 13.1 Å². The van der Waals surface area contributed by atoms with Gasteiger partial charge in [-0.25, -0.2) is 0 Å². The van der Waals surface area contributed by atoms with E-state index in [2.05, 4.69) is 5.32 Å². The van der Waals surface area contributed by atoms with Crippen LogP contribution in [0.1, 0.15) is 5.56 Å². The average Bonchev–Trinajstić information content (AvgIpc) is 2.61. The van der Waals surface area contributed by atoms with Crippen LogP contribution in [0.5, 0.6) is 11.5 Å². The van der Waals surface area contributed by atoms with Crippen molar-refractivity contribution >= 4 is 11.6 Å². The first-order valence-electron chi connectivity index (χ1n) is 4.54. The highest BCUT2D eigenvalue weighted by atomic mass is 35.5. The molecule has 1 aliphatic rings. The molecule has 1 aliphatic heterocycles. The van der Waals surface area contributed by atoms with E-state index in [9.17, 15) is 0 Å². The second-order valence-corrected chi connectivity index (χ2v) is 3.59. The summed E-state index contributed by atoms with van der Waals surface area (Å²) in [5.74, 6) is 1.59. The van der Waals surface area contributed by atoms with Gasteiger partial charge >= 0.3 is 0 Å². The minimum absolute atomic E-state index is 0.294. The molecule has 1 aromatic carbocycles. The maximum atomic E-state index is 5.95. The molecule has 0 bridgehead atoms. The zero-order valence-corrected chi connectivity index (χ0v) is 8.73. The van der Waals surface area contributed by atoms with Crippen LogP contribution in [0, 0.1) is 0 Å². The predicted octanol–water partition coefficient (Wildman–Crippen LogP) is 1.83. The molecule has 0 atom stereocenters. The Kier molecular flexibility index (Phi) is 2.79. The lowest BCUT2D eigenvalue weighted by Gasteiger charge is -2.05. The zero-order valence-electron chi connectivity index (χ0n) is 7.97. The zero-order chi connectivity index (χ0) is 9.97. The van der Waals surface area contributed by atoms with Gasteiger partial charge in [0.25, 0.3) is 0 Å². The van der Waals surface area contributed by atoms with Crippen LogP contribution in [-0.2, 0) is 6.42 Å². The van der Waals surface area contributed by atoms with Crippen molar-refractivity contribution in [2.24, 2.45) is 0 Å². The van der Waals surface area contributed by atoms with Gasteiger partial charge in [-0.15, -0.1) is 0 Å². The van der Waals surface area contributed by atoms with Crippen LogP contribution in [0.25, 0.3) is 0 Å². The highest BCUT2D eigenvalue weighted by molar-refractivity contribution is 6.30. The third-order valence-corrected chi connectivity index (χ3v) is 2.38. The van der Waals surface area contributed by atoms with E-state index in [0.717, 1.165) is 30.0 Å². The first kappa shape index (κ1) is 9.62. The fourth-order valence-electron chi connectivity index (χ4n) is 1.49. The largest absolute Gasteiger partial charge is 0.454 e. The number of halogens is 1. The molecule has 0 fully saturated rings. The summed E-state index contributed by atoms with van der Waals surface area (Å²) in [5, 5.41) is 3.78. The molecule has 0 amide bonds. The lowest BCUT2D eigenvalue weighted by Crippen LogP contribution is -2.10. The highest BCUT2D eigenvalue weighted by Crippen LogP contribution is 2.38. The van der Waals surface area contributed by atoms with Crippen LogP contribution in [0.15, 0.2) is 12.1 Å². The van der Waals surface area contributed by atoms with Crippen LogP contribution in [0.3, 0.4) is 0 Å². The second-order valence-electron chi connectivity index (χ2n) is 3.15. The SMILES string of the molecule is CNCCc1cc(Cl)cc2c1OCO2. The smallest absolute Gasteiger partial charge is 0.231 e. The van der Waals surface area contributed by atoms with Gasteiger partial charge in [-0.05, 0) is 26.1 Å². The summed E-state index contributed by atoms with van der Waals surface area (Å²) in [7, 11) is 1.92. The number of likely N-dealkylation sites (N-methyl/N-ethyl adjacent to an activating group) is 1. The molecule has 0 unspecified atom stereocenters. The van der Waals surface area contributed by atoms with E-state index in [4.69, 9.17) is 21.1 Å². The molecular formula is C10H12ClNO2. The van der Waals surface area contributed by atoms with E-state index in [0.29, 0.717) is 11.8 Å². The Morgan fingerprint density at radius 3 is 3.07 bits per heavy atom. The van der Waals surface area contributed by atoms with Crippen LogP contribution >= 0.6 is 11.6 Å². The minimum Gasteiger partial charge on any atom is -0.454 e. The summed E-state index contributed by atoms with van der Waals surface area (Å²) in [5.41, 5.74) is 1.10. The number of ether oxygens (including phenoxy) is 2. The van der Waals surface area contributed by atoms with Crippen molar-refractivity contribution in [1.29, 1.82) is 0 Å². The number of benzene rings is 1. The summed E-state index contributed by atoms with van der Waals surface area (Å²) in [6, 6.07) is 3.71. The molecular weight excluding hydrogens is 202 g/mol. The molecule has 1 heterocycles. The minimum atomic E-state index is 0.294. The Morgan fingerprint density at radius 1 is 1.43 bits per heavy atom. The van der Waals surface area contributed by atoms with Crippen LogP contribution in [-0.4, -0.2) is 20.4 Å². The fourth-order valence-corrected chi connectivity index (χ4v) is 1.72. The Morgan fingerprint density at radius 2 is 2.29 bits per heavy atom. The molecule has 4 heteroatoms. The number of rotatable bonds is 3. The molecule has 0 radical (unpaired) electrons. The van der Waals surface area contributed by atoms with Gasteiger partial charge in [0.15, 0.2) is 11.5 Å². The molecule has 76 valence electrons. The number of nitrogens with one attached hydrogen (secondary N) is 1. The van der Waals surface area contributed by atoms with Gasteiger partial charge in [0, 0.05) is 16.7 Å². The van der Waals surface area contributed by atoms with Crippen molar-refractivity contribution in [2.75, 3.05) is 20.4 Å². The Hall–Kier alpha value is -0.930. The van der Waals surface area contributed by atoms with Gasteiger partial charge in [0.1, 0.15) is 0 Å². The average molecular weight is 214 g/mol. The van der Waals surface area contributed by atoms with Gasteiger partial charge in [-0.1, -0.05) is 11.6 Å². The Labute approximate surface area is 88.0 Å². The van der Waals surface area contributed by atoms with Gasteiger partial charge in [-0.3, -0.25) is 0 Å². The van der Waals surface area contributed by atoms with E-state index < -0.39 is 0 Å². The van der Waals surface area contributed by atoms with E-state index in [-0.39, 0.29) is 0 Å². The second kappa shape index (κ2) is 4.07. The molecule has 0 aromatic heterocycles. The van der Waals surface area contributed by atoms with Gasteiger partial charge in [0.05, 0.1) is 0 Å². The highest BCUT2D eigenvalue weighted by Gasteiger charge is 2.18. The molecule has 0 aliphatic carbocycles. The number of fused-ring (bicyclic) bond motifs is 1. The summed E-state index contributed by atoms with van der Waals surface area (Å²) in [6.45, 7) is 1.19. The van der Waals surface area contributed by atoms with Gasteiger partial charge in [0.2, 0.25) is 6.79 Å². The molecule has 1 aromatic rings. The molecule has 2 rings (SSSR count). The van der Waals surface area contributed by atoms with E-state index in [1.54, 1.807) is 6.07 Å². The van der Waals surface area contributed by atoms with E-state index >= 15 is 0 Å². The molecule has 14 heavy (non-hydrogen) atoms. The third kappa shape index (κ3) is 1.79. The predicted molar refractivity (Wildman–Crippen MR) is 55.2 cm³/mol. The number of hydrogen-bond donors (Lipinski definition) is 1. The molecule has 3 nitrogen and oxygen atoms in total. The van der Waals surface area contributed by atoms with Crippen molar-refractivity contribution in [3.05, 3.63) is 22.7 Å². The monoisotopic (exact) mass is 213 g/mol. The fraction of sp³-hybridized carbons (Fsp3) is 0.400. The summed E-state index contributed by atoms with van der Waals surface area (Å²) < 4.78 is 10.6. The first-order chi connectivity index (χ1) is 6.81. The van der Waals surface area contributed by atoms with Crippen molar-refractivity contribution in [3.8, 4) is 11.5 Å². The normalized spacial score (nSPS) is 13.3. The third-order valence-electron chi connectivity index (χ3n) is 2.16. The van der Waals surface area contributed by atoms with Gasteiger partial charge < -0.3 is 14.8 Å². The molecule has 0 saturated carbocycles. The summed E-state index contributed by atoms with van der Waals surface area (Å²) >= 11 is 5.95. The van der Waals surface area contributed by atoms with E-state index in [1.165, 1.54) is 0 Å². The topological polar surface area (TPSA) is 30.5 Å². The Bertz CT molecular complexity index is 341. The van der Waals surface area contributed by atoms with Crippen molar-refractivity contribution in [2.45, 2.75) is 6.42 Å². The molecule has 0 spiro atoms. The Balaban J connectivity index is 2.29. The first-order valence-corrected chi connectivity index (χ1v) is 4.91. The van der Waals surface area contributed by atoms with Crippen LogP contribution < -0.4 is 14.8 Å². The summed E-state index contributed by atoms with van der Waals surface area (Å²) in [4.78, 5) is 0. The molecule has 0 saturated heterocycles. The lowest BCUT2D eigenvalue weighted by molar-refractivity contribution is 0.173. The summed E-state index contributed by atoms with van der Waals surface area (Å²) in [6.07, 6.45) is 0.892.